The fourth-order valence-corrected chi connectivity index (χ4v) is 1.14. The summed E-state index contributed by atoms with van der Waals surface area (Å²) in [6.07, 6.45) is 0. The predicted molar refractivity (Wildman–Crippen MR) is 54.4 cm³/mol. The van der Waals surface area contributed by atoms with E-state index in [-0.39, 0.29) is 34.3 Å². The van der Waals surface area contributed by atoms with E-state index in [1.165, 1.54) is 14.2 Å². The summed E-state index contributed by atoms with van der Waals surface area (Å²) in [5, 5.41) is 9.55. The van der Waals surface area contributed by atoms with Crippen molar-refractivity contribution >= 4 is 17.1 Å². The summed E-state index contributed by atoms with van der Waals surface area (Å²) in [6, 6.07) is 0. The average molecular weight is 199 g/mol. The van der Waals surface area contributed by atoms with Crippen molar-refractivity contribution in [2.45, 2.75) is 0 Å². The first-order valence-corrected chi connectivity index (χ1v) is 3.81. The lowest BCUT2D eigenvalue weighted by atomic mass is 10.2. The molecule has 78 valence electrons. The SMILES string of the molecule is COc1c(N)c(N)c(N)c(O)c1OC. The van der Waals surface area contributed by atoms with Gasteiger partial charge in [-0.25, -0.2) is 0 Å². The van der Waals surface area contributed by atoms with Crippen molar-refractivity contribution in [2.24, 2.45) is 0 Å². The summed E-state index contributed by atoms with van der Waals surface area (Å²) in [6.45, 7) is 0. The molecule has 14 heavy (non-hydrogen) atoms. The normalized spacial score (nSPS) is 9.86. The molecule has 0 atom stereocenters. The highest BCUT2D eigenvalue weighted by atomic mass is 16.5. The molecule has 0 amide bonds. The minimum atomic E-state index is -0.268. The fourth-order valence-electron chi connectivity index (χ4n) is 1.14. The van der Waals surface area contributed by atoms with Gasteiger partial charge in [0.25, 0.3) is 0 Å². The number of ether oxygens (including phenoxy) is 2. The van der Waals surface area contributed by atoms with Crippen LogP contribution in [0.2, 0.25) is 0 Å². The molecule has 1 rings (SSSR count). The third-order valence-corrected chi connectivity index (χ3v) is 1.91. The summed E-state index contributed by atoms with van der Waals surface area (Å²) in [4.78, 5) is 0. The van der Waals surface area contributed by atoms with Crippen LogP contribution in [-0.4, -0.2) is 19.3 Å². The van der Waals surface area contributed by atoms with E-state index in [0.29, 0.717) is 0 Å². The zero-order chi connectivity index (χ0) is 10.9. The van der Waals surface area contributed by atoms with E-state index < -0.39 is 0 Å². The molecule has 0 aliphatic rings. The Balaban J connectivity index is 3.57. The number of rotatable bonds is 2. The number of aromatic hydroxyl groups is 1. The van der Waals surface area contributed by atoms with Gasteiger partial charge in [-0.2, -0.15) is 0 Å². The zero-order valence-electron chi connectivity index (χ0n) is 8.00. The van der Waals surface area contributed by atoms with Gasteiger partial charge in [-0.05, 0) is 0 Å². The minimum absolute atomic E-state index is 0.0137. The van der Waals surface area contributed by atoms with Gasteiger partial charge in [0.2, 0.25) is 5.75 Å². The number of anilines is 3. The molecule has 0 unspecified atom stereocenters. The largest absolute Gasteiger partial charge is 0.503 e. The molecule has 0 aromatic heterocycles. The molecule has 0 bridgehead atoms. The van der Waals surface area contributed by atoms with Gasteiger partial charge in [0.15, 0.2) is 11.5 Å². The highest BCUT2D eigenvalue weighted by molar-refractivity contribution is 5.90. The van der Waals surface area contributed by atoms with E-state index in [9.17, 15) is 5.11 Å². The van der Waals surface area contributed by atoms with E-state index >= 15 is 0 Å². The molecule has 6 heteroatoms. The third-order valence-electron chi connectivity index (χ3n) is 1.91. The average Bonchev–Trinajstić information content (AvgIpc) is 2.20. The van der Waals surface area contributed by atoms with Gasteiger partial charge in [0.05, 0.1) is 19.9 Å². The van der Waals surface area contributed by atoms with Crippen LogP contribution in [0.3, 0.4) is 0 Å². The Hall–Kier alpha value is -1.98. The number of nitrogen functional groups attached to an aromatic ring is 3. The lowest BCUT2D eigenvalue weighted by Crippen LogP contribution is -2.04. The number of benzene rings is 1. The third kappa shape index (κ3) is 1.20. The molecule has 1 aromatic rings. The van der Waals surface area contributed by atoms with Crippen molar-refractivity contribution in [3.8, 4) is 17.2 Å². The van der Waals surface area contributed by atoms with Crippen LogP contribution in [0.5, 0.6) is 17.2 Å². The van der Waals surface area contributed by atoms with E-state index in [4.69, 9.17) is 26.7 Å². The van der Waals surface area contributed by atoms with Gasteiger partial charge in [-0.3, -0.25) is 0 Å². The van der Waals surface area contributed by atoms with Crippen molar-refractivity contribution in [3.63, 3.8) is 0 Å². The highest BCUT2D eigenvalue weighted by Gasteiger charge is 2.20. The fraction of sp³-hybridized carbons (Fsp3) is 0.250. The quantitative estimate of drug-likeness (QED) is 0.306. The Morgan fingerprint density at radius 2 is 1.36 bits per heavy atom. The van der Waals surface area contributed by atoms with Gasteiger partial charge in [-0.1, -0.05) is 0 Å². The van der Waals surface area contributed by atoms with Gasteiger partial charge in [-0.15, -0.1) is 0 Å². The number of phenolic OH excluding ortho intramolecular Hbond substituents is 1. The van der Waals surface area contributed by atoms with Gasteiger partial charge < -0.3 is 31.8 Å². The Bertz CT molecular complexity index is 331. The standard InChI is InChI=1S/C8H13N3O3/c1-13-7-5(11)3(9)4(10)6(12)8(7)14-2/h12H,9-11H2,1-2H3. The lowest BCUT2D eigenvalue weighted by Gasteiger charge is -2.15. The second kappa shape index (κ2) is 3.41. The number of hydrogen-bond acceptors (Lipinski definition) is 6. The molecule has 0 saturated heterocycles. The van der Waals surface area contributed by atoms with E-state index in [1.54, 1.807) is 0 Å². The van der Waals surface area contributed by atoms with Crippen LogP contribution in [0.15, 0.2) is 0 Å². The van der Waals surface area contributed by atoms with E-state index in [2.05, 4.69) is 0 Å². The number of phenols is 1. The Labute approximate surface area is 81.2 Å². The number of methoxy groups -OCH3 is 2. The molecule has 7 N–H and O–H groups in total. The molecule has 6 nitrogen and oxygen atoms in total. The van der Waals surface area contributed by atoms with Crippen molar-refractivity contribution in [1.29, 1.82) is 0 Å². The van der Waals surface area contributed by atoms with E-state index in [1.807, 2.05) is 0 Å². The van der Waals surface area contributed by atoms with E-state index in [0.717, 1.165) is 0 Å². The predicted octanol–water partition coefficient (Wildman–Crippen LogP) is 0.156. The maximum absolute atomic E-state index is 9.55. The Morgan fingerprint density at radius 3 is 1.79 bits per heavy atom. The topological polar surface area (TPSA) is 117 Å². The summed E-state index contributed by atoms with van der Waals surface area (Å²) < 4.78 is 9.83. The van der Waals surface area contributed by atoms with Crippen LogP contribution in [0.25, 0.3) is 0 Å². The lowest BCUT2D eigenvalue weighted by molar-refractivity contribution is 0.335. The molecular formula is C8H13N3O3. The van der Waals surface area contributed by atoms with Crippen LogP contribution in [0.1, 0.15) is 0 Å². The van der Waals surface area contributed by atoms with Gasteiger partial charge in [0.1, 0.15) is 11.4 Å². The molecule has 0 heterocycles. The van der Waals surface area contributed by atoms with Crippen molar-refractivity contribution in [3.05, 3.63) is 0 Å². The first-order chi connectivity index (χ1) is 6.54. The monoisotopic (exact) mass is 199 g/mol. The first kappa shape index (κ1) is 10.1. The highest BCUT2D eigenvalue weighted by Crippen LogP contribution is 2.49. The molecule has 0 aliphatic carbocycles. The molecule has 0 saturated carbocycles. The molecule has 0 radical (unpaired) electrons. The second-order valence-electron chi connectivity index (χ2n) is 2.66. The van der Waals surface area contributed by atoms with Crippen LogP contribution in [0.4, 0.5) is 17.1 Å². The van der Waals surface area contributed by atoms with Crippen molar-refractivity contribution < 1.29 is 14.6 Å². The minimum Gasteiger partial charge on any atom is -0.503 e. The molecule has 0 spiro atoms. The van der Waals surface area contributed by atoms with Crippen LogP contribution >= 0.6 is 0 Å². The van der Waals surface area contributed by atoms with Gasteiger partial charge >= 0.3 is 0 Å². The smallest absolute Gasteiger partial charge is 0.207 e. The molecule has 1 aromatic carbocycles. The maximum Gasteiger partial charge on any atom is 0.207 e. The van der Waals surface area contributed by atoms with Crippen molar-refractivity contribution in [2.75, 3.05) is 31.4 Å². The summed E-state index contributed by atoms with van der Waals surface area (Å²) in [5.41, 5.74) is 16.9. The zero-order valence-corrected chi connectivity index (χ0v) is 8.00. The molecule has 0 aliphatic heterocycles. The van der Waals surface area contributed by atoms with Crippen LogP contribution in [0, 0.1) is 0 Å². The van der Waals surface area contributed by atoms with Crippen LogP contribution in [-0.2, 0) is 0 Å². The number of nitrogens with two attached hydrogens (primary N) is 3. The summed E-state index contributed by atoms with van der Waals surface area (Å²) in [7, 11) is 2.76. The molecule has 0 fully saturated rings. The summed E-state index contributed by atoms with van der Waals surface area (Å²) >= 11 is 0. The first-order valence-electron chi connectivity index (χ1n) is 3.81. The number of hydrogen-bond donors (Lipinski definition) is 4. The van der Waals surface area contributed by atoms with Gasteiger partial charge in [0, 0.05) is 0 Å². The Morgan fingerprint density at radius 1 is 0.857 bits per heavy atom. The second-order valence-corrected chi connectivity index (χ2v) is 2.66. The molecular weight excluding hydrogens is 186 g/mol. The van der Waals surface area contributed by atoms with Crippen molar-refractivity contribution in [1.82, 2.24) is 0 Å². The summed E-state index contributed by atoms with van der Waals surface area (Å²) in [5.74, 6) is -0.00977. The maximum atomic E-state index is 9.55. The Kier molecular flexibility index (Phi) is 2.46. The van der Waals surface area contributed by atoms with Crippen LogP contribution < -0.4 is 26.7 Å².